The molecule has 0 spiro atoms. The number of nitrogens with two attached hydrogens (primary N) is 1. The van der Waals surface area contributed by atoms with Crippen molar-refractivity contribution in [1.82, 2.24) is 4.98 Å². The van der Waals surface area contributed by atoms with Crippen molar-refractivity contribution in [3.05, 3.63) is 41.1 Å². The standard InChI is InChI=1S/C18H26N2/c1-5-6-7-14-8-9-17-16(11-14)13(2)10-15(20-17)12-18(3,4)19/h8-11H,5-7,12,19H2,1-4H3. The summed E-state index contributed by atoms with van der Waals surface area (Å²) in [5.41, 5.74) is 10.8. The molecule has 0 amide bonds. The zero-order valence-electron chi connectivity index (χ0n) is 13.2. The van der Waals surface area contributed by atoms with Crippen molar-refractivity contribution in [2.45, 2.75) is 58.9 Å². The molecule has 0 saturated carbocycles. The van der Waals surface area contributed by atoms with Gasteiger partial charge in [0.15, 0.2) is 0 Å². The number of hydrogen-bond acceptors (Lipinski definition) is 2. The Hall–Kier alpha value is -1.41. The van der Waals surface area contributed by atoms with Crippen molar-refractivity contribution >= 4 is 10.9 Å². The highest BCUT2D eigenvalue weighted by Crippen LogP contribution is 2.22. The average Bonchev–Trinajstić information content (AvgIpc) is 2.34. The number of aromatic nitrogens is 1. The van der Waals surface area contributed by atoms with Crippen molar-refractivity contribution in [1.29, 1.82) is 0 Å². The van der Waals surface area contributed by atoms with Crippen molar-refractivity contribution in [3.8, 4) is 0 Å². The van der Waals surface area contributed by atoms with Crippen molar-refractivity contribution in [3.63, 3.8) is 0 Å². The molecule has 2 rings (SSSR count). The first kappa shape index (κ1) is 15.0. The Morgan fingerprint density at radius 2 is 1.95 bits per heavy atom. The van der Waals surface area contributed by atoms with Crippen molar-refractivity contribution < 1.29 is 0 Å². The van der Waals surface area contributed by atoms with Gasteiger partial charge in [-0.2, -0.15) is 0 Å². The Bertz CT molecular complexity index is 594. The quantitative estimate of drug-likeness (QED) is 0.885. The van der Waals surface area contributed by atoms with Crippen LogP contribution in [0.1, 0.15) is 50.4 Å². The summed E-state index contributed by atoms with van der Waals surface area (Å²) < 4.78 is 0. The largest absolute Gasteiger partial charge is 0.325 e. The number of unbranched alkanes of at least 4 members (excludes halogenated alkanes) is 1. The molecule has 0 unspecified atom stereocenters. The van der Waals surface area contributed by atoms with E-state index in [0.29, 0.717) is 0 Å². The van der Waals surface area contributed by atoms with Crippen molar-refractivity contribution in [2.75, 3.05) is 0 Å². The van der Waals surface area contributed by atoms with E-state index in [1.807, 2.05) is 13.8 Å². The molecule has 0 bridgehead atoms. The van der Waals surface area contributed by atoms with Crippen molar-refractivity contribution in [2.24, 2.45) is 5.73 Å². The highest BCUT2D eigenvalue weighted by atomic mass is 14.8. The Morgan fingerprint density at radius 1 is 1.20 bits per heavy atom. The first-order valence-electron chi connectivity index (χ1n) is 7.57. The Morgan fingerprint density at radius 3 is 2.60 bits per heavy atom. The molecular formula is C18H26N2. The van der Waals surface area contributed by atoms with E-state index in [9.17, 15) is 0 Å². The summed E-state index contributed by atoms with van der Waals surface area (Å²) in [5, 5.41) is 1.28. The van der Waals surface area contributed by atoms with Gasteiger partial charge in [-0.3, -0.25) is 4.98 Å². The fourth-order valence-corrected chi connectivity index (χ4v) is 2.60. The Kier molecular flexibility index (Phi) is 4.44. The van der Waals surface area contributed by atoms with Gasteiger partial charge in [-0.1, -0.05) is 19.4 Å². The van der Waals surface area contributed by atoms with Gasteiger partial charge in [-0.05, 0) is 62.9 Å². The molecule has 2 heteroatoms. The van der Waals surface area contributed by atoms with Gasteiger partial charge in [0, 0.05) is 23.0 Å². The van der Waals surface area contributed by atoms with E-state index in [0.717, 1.165) is 24.1 Å². The second kappa shape index (κ2) is 5.92. The first-order chi connectivity index (χ1) is 9.39. The predicted molar refractivity (Wildman–Crippen MR) is 87.1 cm³/mol. The van der Waals surface area contributed by atoms with Gasteiger partial charge in [0.05, 0.1) is 5.52 Å². The number of aryl methyl sites for hydroxylation is 2. The van der Waals surface area contributed by atoms with Crippen LogP contribution in [-0.4, -0.2) is 10.5 Å². The van der Waals surface area contributed by atoms with Crippen LogP contribution in [0, 0.1) is 6.92 Å². The van der Waals surface area contributed by atoms with Gasteiger partial charge in [0.25, 0.3) is 0 Å². The number of hydrogen-bond donors (Lipinski definition) is 1. The molecule has 0 aliphatic heterocycles. The highest BCUT2D eigenvalue weighted by Gasteiger charge is 2.14. The molecule has 108 valence electrons. The fourth-order valence-electron chi connectivity index (χ4n) is 2.60. The number of fused-ring (bicyclic) bond motifs is 1. The van der Waals surface area contributed by atoms with Gasteiger partial charge in [-0.25, -0.2) is 0 Å². The van der Waals surface area contributed by atoms with Gasteiger partial charge in [-0.15, -0.1) is 0 Å². The summed E-state index contributed by atoms with van der Waals surface area (Å²) in [6.45, 7) is 8.49. The summed E-state index contributed by atoms with van der Waals surface area (Å²) in [7, 11) is 0. The summed E-state index contributed by atoms with van der Waals surface area (Å²) >= 11 is 0. The third-order valence-electron chi connectivity index (χ3n) is 3.59. The number of benzene rings is 1. The lowest BCUT2D eigenvalue weighted by Crippen LogP contribution is -2.34. The van der Waals surface area contributed by atoms with Crippen LogP contribution in [0.4, 0.5) is 0 Å². The fraction of sp³-hybridized carbons (Fsp3) is 0.500. The van der Waals surface area contributed by atoms with E-state index >= 15 is 0 Å². The van der Waals surface area contributed by atoms with Gasteiger partial charge >= 0.3 is 0 Å². The lowest BCUT2D eigenvalue weighted by molar-refractivity contribution is 0.511. The summed E-state index contributed by atoms with van der Waals surface area (Å²) in [4.78, 5) is 4.76. The zero-order valence-corrected chi connectivity index (χ0v) is 13.2. The number of nitrogens with zero attached hydrogens (tertiary/aromatic N) is 1. The molecule has 2 aromatic rings. The molecule has 0 aliphatic rings. The molecule has 1 heterocycles. The zero-order chi connectivity index (χ0) is 14.8. The maximum atomic E-state index is 6.10. The van der Waals surface area contributed by atoms with E-state index in [1.54, 1.807) is 0 Å². The molecule has 0 atom stereocenters. The monoisotopic (exact) mass is 270 g/mol. The minimum atomic E-state index is -0.214. The van der Waals surface area contributed by atoms with Crippen LogP contribution in [0.5, 0.6) is 0 Å². The van der Waals surface area contributed by atoms with Crippen LogP contribution in [0.25, 0.3) is 10.9 Å². The minimum absolute atomic E-state index is 0.214. The second-order valence-electron chi connectivity index (χ2n) is 6.55. The summed E-state index contributed by atoms with van der Waals surface area (Å²) in [5.74, 6) is 0. The van der Waals surface area contributed by atoms with Crippen LogP contribution < -0.4 is 5.73 Å². The van der Waals surface area contributed by atoms with E-state index in [4.69, 9.17) is 10.7 Å². The third-order valence-corrected chi connectivity index (χ3v) is 3.59. The van der Waals surface area contributed by atoms with Gasteiger partial charge in [0.2, 0.25) is 0 Å². The molecule has 20 heavy (non-hydrogen) atoms. The van der Waals surface area contributed by atoms with E-state index < -0.39 is 0 Å². The molecule has 2 nitrogen and oxygen atoms in total. The SMILES string of the molecule is CCCCc1ccc2nc(CC(C)(C)N)cc(C)c2c1. The van der Waals surface area contributed by atoms with Crippen LogP contribution in [0.2, 0.25) is 0 Å². The molecule has 1 aromatic heterocycles. The van der Waals surface area contributed by atoms with Crippen LogP contribution in [-0.2, 0) is 12.8 Å². The highest BCUT2D eigenvalue weighted by molar-refractivity contribution is 5.83. The molecule has 1 aromatic carbocycles. The number of rotatable bonds is 5. The second-order valence-corrected chi connectivity index (χ2v) is 6.55. The van der Waals surface area contributed by atoms with Crippen LogP contribution in [0.3, 0.4) is 0 Å². The van der Waals surface area contributed by atoms with Gasteiger partial charge in [0.1, 0.15) is 0 Å². The summed E-state index contributed by atoms with van der Waals surface area (Å²) in [6, 6.07) is 8.84. The van der Waals surface area contributed by atoms with E-state index in [2.05, 4.69) is 38.1 Å². The first-order valence-corrected chi connectivity index (χ1v) is 7.57. The predicted octanol–water partition coefficient (Wildman–Crippen LogP) is 4.17. The summed E-state index contributed by atoms with van der Waals surface area (Å²) in [6.07, 6.45) is 4.45. The molecular weight excluding hydrogens is 244 g/mol. The van der Waals surface area contributed by atoms with Crippen LogP contribution in [0.15, 0.2) is 24.3 Å². The number of pyridine rings is 1. The smallest absolute Gasteiger partial charge is 0.0708 e. The Labute approximate surface area is 122 Å². The van der Waals surface area contributed by atoms with E-state index in [1.165, 1.54) is 29.4 Å². The Balaban J connectivity index is 2.36. The maximum absolute atomic E-state index is 6.10. The van der Waals surface area contributed by atoms with Gasteiger partial charge < -0.3 is 5.73 Å². The normalized spacial score (nSPS) is 12.1. The topological polar surface area (TPSA) is 38.9 Å². The van der Waals surface area contributed by atoms with E-state index in [-0.39, 0.29) is 5.54 Å². The molecule has 0 aliphatic carbocycles. The third kappa shape index (κ3) is 3.80. The molecule has 0 radical (unpaired) electrons. The molecule has 0 fully saturated rings. The van der Waals surface area contributed by atoms with Crippen LogP contribution >= 0.6 is 0 Å². The average molecular weight is 270 g/mol. The minimum Gasteiger partial charge on any atom is -0.325 e. The molecule has 2 N–H and O–H groups in total. The maximum Gasteiger partial charge on any atom is 0.0708 e. The molecule has 0 saturated heterocycles. The lowest BCUT2D eigenvalue weighted by atomic mass is 9.97. The lowest BCUT2D eigenvalue weighted by Gasteiger charge is -2.18.